The molecule has 1 heteroatoms. The highest BCUT2D eigenvalue weighted by molar-refractivity contribution is 6.90. The van der Waals surface area contributed by atoms with Gasteiger partial charge in [-0.3, -0.25) is 0 Å². The summed E-state index contributed by atoms with van der Waals surface area (Å²) in [5.74, 6) is 9.92. The Kier molecular flexibility index (Phi) is 6.90. The third-order valence-corrected chi connectivity index (χ3v) is 11.6. The van der Waals surface area contributed by atoms with Crippen molar-refractivity contribution in [2.75, 3.05) is 0 Å². The molecule has 0 amide bonds. The fourth-order valence-electron chi connectivity index (χ4n) is 3.92. The summed E-state index contributed by atoms with van der Waals surface area (Å²) in [6, 6.07) is 18.4. The van der Waals surface area contributed by atoms with Crippen LogP contribution in [0.3, 0.4) is 0 Å². The second-order valence-electron chi connectivity index (χ2n) is 7.84. The minimum absolute atomic E-state index is 0.658. The van der Waals surface area contributed by atoms with Crippen molar-refractivity contribution in [1.29, 1.82) is 0 Å². The van der Waals surface area contributed by atoms with E-state index in [1.807, 2.05) is 30.3 Å². The molecule has 2 aromatic carbocycles. The number of hydrogen-bond acceptors (Lipinski definition) is 0. The number of hydrogen-bond donors (Lipinski definition) is 0. The molecular weight excluding hydrogens is 328 g/mol. The van der Waals surface area contributed by atoms with E-state index < -0.39 is 8.07 Å². The van der Waals surface area contributed by atoms with Gasteiger partial charge in [0.05, 0.1) is 0 Å². The molecule has 0 heterocycles. The Labute approximate surface area is 161 Å². The predicted molar refractivity (Wildman–Crippen MR) is 117 cm³/mol. The van der Waals surface area contributed by atoms with Crippen molar-refractivity contribution in [2.24, 2.45) is 0 Å². The third kappa shape index (κ3) is 4.69. The van der Waals surface area contributed by atoms with E-state index in [0.29, 0.717) is 16.6 Å². The van der Waals surface area contributed by atoms with Crippen molar-refractivity contribution in [3.63, 3.8) is 0 Å². The van der Waals surface area contributed by atoms with Crippen LogP contribution in [-0.4, -0.2) is 8.07 Å². The van der Waals surface area contributed by atoms with Crippen LogP contribution in [0.4, 0.5) is 0 Å². The molecule has 0 N–H and O–H groups in total. The average molecular weight is 359 g/mol. The van der Waals surface area contributed by atoms with Gasteiger partial charge in [-0.05, 0) is 53.0 Å². The van der Waals surface area contributed by atoms with Crippen LogP contribution < -0.4 is 0 Å². The lowest BCUT2D eigenvalue weighted by Gasteiger charge is -2.38. The predicted octanol–water partition coefficient (Wildman–Crippen LogP) is 6.66. The van der Waals surface area contributed by atoms with Crippen LogP contribution in [0.15, 0.2) is 54.6 Å². The second-order valence-corrected chi connectivity index (χ2v) is 13.4. The molecule has 0 bridgehead atoms. The van der Waals surface area contributed by atoms with Crippen molar-refractivity contribution in [2.45, 2.75) is 58.2 Å². The average Bonchev–Trinajstić information content (AvgIpc) is 2.61. The smallest absolute Gasteiger partial charge is 0.125 e. The molecule has 0 saturated carbocycles. The van der Waals surface area contributed by atoms with Gasteiger partial charge in [-0.1, -0.05) is 77.5 Å². The van der Waals surface area contributed by atoms with Crippen molar-refractivity contribution >= 4 is 8.07 Å². The van der Waals surface area contributed by atoms with Crippen LogP contribution in [0.5, 0.6) is 0 Å². The minimum atomic E-state index is -1.67. The Balaban J connectivity index is 2.24. The fourth-order valence-corrected chi connectivity index (χ4v) is 9.14. The van der Waals surface area contributed by atoms with Gasteiger partial charge in [0.1, 0.15) is 8.07 Å². The Hall–Kier alpha value is -2.22. The molecule has 0 aliphatic carbocycles. The van der Waals surface area contributed by atoms with E-state index in [1.54, 1.807) is 0 Å². The molecule has 2 aromatic rings. The topological polar surface area (TPSA) is 0 Å². The van der Waals surface area contributed by atoms with E-state index in [-0.39, 0.29) is 0 Å². The van der Waals surface area contributed by atoms with Crippen molar-refractivity contribution in [3.05, 3.63) is 71.3 Å². The first-order valence-corrected chi connectivity index (χ1v) is 11.8. The molecule has 0 atom stereocenters. The lowest BCUT2D eigenvalue weighted by Crippen LogP contribution is -2.43. The van der Waals surface area contributed by atoms with E-state index in [9.17, 15) is 0 Å². The molecule has 0 aromatic heterocycles. The Bertz CT molecular complexity index is 797. The van der Waals surface area contributed by atoms with Gasteiger partial charge in [-0.15, -0.1) is 5.54 Å². The van der Waals surface area contributed by atoms with E-state index in [1.165, 1.54) is 0 Å². The summed E-state index contributed by atoms with van der Waals surface area (Å²) >= 11 is 0. The van der Waals surface area contributed by atoms with Gasteiger partial charge in [0.15, 0.2) is 0 Å². The summed E-state index contributed by atoms with van der Waals surface area (Å²) in [6.07, 6.45) is 0. The monoisotopic (exact) mass is 358 g/mol. The summed E-state index contributed by atoms with van der Waals surface area (Å²) in [6.45, 7) is 14.1. The van der Waals surface area contributed by atoms with Gasteiger partial charge in [0.2, 0.25) is 0 Å². The maximum atomic E-state index is 3.78. The zero-order valence-electron chi connectivity index (χ0n) is 16.9. The highest BCUT2D eigenvalue weighted by Gasteiger charge is 2.41. The van der Waals surface area contributed by atoms with E-state index in [2.05, 4.69) is 89.1 Å². The zero-order chi connectivity index (χ0) is 19.2. The molecule has 0 aliphatic rings. The minimum Gasteiger partial charge on any atom is -0.125 e. The highest BCUT2D eigenvalue weighted by atomic mass is 28.3. The second kappa shape index (κ2) is 8.93. The highest BCUT2D eigenvalue weighted by Crippen LogP contribution is 2.40. The van der Waals surface area contributed by atoms with Crippen LogP contribution in [0.1, 0.15) is 58.2 Å². The number of rotatable bonds is 3. The fraction of sp³-hybridized carbons (Fsp3) is 0.360. The summed E-state index contributed by atoms with van der Waals surface area (Å²) in [5, 5.41) is 0. The first-order chi connectivity index (χ1) is 12.4. The van der Waals surface area contributed by atoms with Crippen LogP contribution in [0, 0.1) is 23.3 Å². The molecule has 0 aliphatic heterocycles. The maximum Gasteiger partial charge on any atom is 0.146 e. The van der Waals surface area contributed by atoms with Gasteiger partial charge < -0.3 is 0 Å². The SMILES string of the molecule is CC(C)[Si](C#Cc1ccc(C#Cc2ccccc2)cc1)(C(C)C)C(C)C. The molecule has 0 saturated heterocycles. The summed E-state index contributed by atoms with van der Waals surface area (Å²) in [5.41, 5.74) is 8.91. The van der Waals surface area contributed by atoms with Gasteiger partial charge in [0, 0.05) is 16.7 Å². The van der Waals surface area contributed by atoms with Crippen molar-refractivity contribution < 1.29 is 0 Å². The number of benzene rings is 2. The molecule has 0 spiro atoms. The van der Waals surface area contributed by atoms with Crippen LogP contribution in [0.2, 0.25) is 16.6 Å². The molecule has 0 radical (unpaired) electrons. The summed E-state index contributed by atoms with van der Waals surface area (Å²) in [4.78, 5) is 0. The lowest BCUT2D eigenvalue weighted by atomic mass is 10.1. The summed E-state index contributed by atoms with van der Waals surface area (Å²) in [7, 11) is -1.67. The van der Waals surface area contributed by atoms with Crippen LogP contribution in [-0.2, 0) is 0 Å². The maximum absolute atomic E-state index is 3.78. The third-order valence-electron chi connectivity index (χ3n) is 5.30. The van der Waals surface area contributed by atoms with Gasteiger partial charge in [-0.2, -0.15) is 0 Å². The Morgan fingerprint density at radius 1 is 0.538 bits per heavy atom. The van der Waals surface area contributed by atoms with Crippen molar-refractivity contribution in [1.82, 2.24) is 0 Å². The van der Waals surface area contributed by atoms with Crippen molar-refractivity contribution in [3.8, 4) is 23.3 Å². The quantitative estimate of drug-likeness (QED) is 0.425. The molecule has 0 unspecified atom stereocenters. The first-order valence-electron chi connectivity index (χ1n) is 9.56. The Morgan fingerprint density at radius 3 is 1.35 bits per heavy atom. The molecule has 0 nitrogen and oxygen atoms in total. The molecule has 26 heavy (non-hydrogen) atoms. The molecule has 0 fully saturated rings. The van der Waals surface area contributed by atoms with E-state index >= 15 is 0 Å². The van der Waals surface area contributed by atoms with E-state index in [4.69, 9.17) is 0 Å². The lowest BCUT2D eigenvalue weighted by molar-refractivity contribution is 0.838. The summed E-state index contributed by atoms with van der Waals surface area (Å²) < 4.78 is 0. The largest absolute Gasteiger partial charge is 0.146 e. The normalized spacial score (nSPS) is 11.1. The first kappa shape index (κ1) is 20.1. The molecule has 2 rings (SSSR count). The molecule has 134 valence electrons. The van der Waals surface area contributed by atoms with Crippen LogP contribution >= 0.6 is 0 Å². The standard InChI is InChI=1S/C25H30Si/c1-20(2)26(21(3)4,22(5)6)19-18-25-16-14-24(15-17-25)13-12-23-10-8-7-9-11-23/h7-11,14-17,20-22H,1-6H3. The Morgan fingerprint density at radius 2 is 0.923 bits per heavy atom. The van der Waals surface area contributed by atoms with E-state index in [0.717, 1.165) is 16.7 Å². The zero-order valence-corrected chi connectivity index (χ0v) is 17.9. The van der Waals surface area contributed by atoms with Gasteiger partial charge >= 0.3 is 0 Å². The molecular formula is C25H30Si. The van der Waals surface area contributed by atoms with Gasteiger partial charge in [0.25, 0.3) is 0 Å². The van der Waals surface area contributed by atoms with Crippen LogP contribution in [0.25, 0.3) is 0 Å². The van der Waals surface area contributed by atoms with Gasteiger partial charge in [-0.25, -0.2) is 0 Å².